The Morgan fingerprint density at radius 2 is 1.73 bits per heavy atom. The highest BCUT2D eigenvalue weighted by Crippen LogP contribution is 2.24. The van der Waals surface area contributed by atoms with E-state index in [-0.39, 0.29) is 0 Å². The highest BCUT2D eigenvalue weighted by Gasteiger charge is 2.00. The Hall–Kier alpha value is -1.16. The Balaban J connectivity index is 2.57. The van der Waals surface area contributed by atoms with E-state index in [1.807, 2.05) is 12.3 Å². The molecule has 1 nitrogen and oxygen atoms in total. The lowest BCUT2D eigenvalue weighted by atomic mass is 10.1. The maximum absolute atomic E-state index is 4.45. The Kier molecular flexibility index (Phi) is 2.09. The van der Waals surface area contributed by atoms with Crippen LogP contribution in [0.3, 0.4) is 0 Å². The Morgan fingerprint density at radius 3 is 2.67 bits per heavy atom. The van der Waals surface area contributed by atoms with Gasteiger partial charge in [-0.3, -0.25) is 4.98 Å². The van der Waals surface area contributed by atoms with E-state index < -0.39 is 0 Å². The van der Waals surface area contributed by atoms with Gasteiger partial charge in [-0.25, -0.2) is 0 Å². The molecule has 72 valence electrons. The average molecular weight is 305 g/mol. The molecule has 0 radical (unpaired) electrons. The molecule has 2 heteroatoms. The van der Waals surface area contributed by atoms with E-state index in [0.717, 1.165) is 5.52 Å². The predicted molar refractivity (Wildman–Crippen MR) is 72.0 cm³/mol. The molecule has 3 rings (SSSR count). The van der Waals surface area contributed by atoms with Crippen molar-refractivity contribution in [3.63, 3.8) is 0 Å². The summed E-state index contributed by atoms with van der Waals surface area (Å²) in [7, 11) is 0. The Bertz CT molecular complexity index is 646. The lowest BCUT2D eigenvalue weighted by Crippen LogP contribution is -1.81. The SMILES string of the molecule is Ic1ccc2ccc3cccnc3c2c1. The van der Waals surface area contributed by atoms with E-state index in [4.69, 9.17) is 0 Å². The summed E-state index contributed by atoms with van der Waals surface area (Å²) < 4.78 is 1.25. The van der Waals surface area contributed by atoms with E-state index >= 15 is 0 Å². The van der Waals surface area contributed by atoms with Crippen molar-refractivity contribution < 1.29 is 0 Å². The maximum Gasteiger partial charge on any atom is 0.0780 e. The van der Waals surface area contributed by atoms with Crippen molar-refractivity contribution in [2.75, 3.05) is 0 Å². The number of nitrogens with zero attached hydrogens (tertiary/aromatic N) is 1. The fourth-order valence-electron chi connectivity index (χ4n) is 1.84. The number of halogens is 1. The van der Waals surface area contributed by atoms with Gasteiger partial charge in [0.2, 0.25) is 0 Å². The van der Waals surface area contributed by atoms with Crippen LogP contribution in [0.25, 0.3) is 21.7 Å². The summed E-state index contributed by atoms with van der Waals surface area (Å²) in [5.74, 6) is 0. The monoisotopic (exact) mass is 305 g/mol. The summed E-state index contributed by atoms with van der Waals surface area (Å²) in [5.41, 5.74) is 1.09. The number of aromatic nitrogens is 1. The number of fused-ring (bicyclic) bond motifs is 3. The van der Waals surface area contributed by atoms with Crippen molar-refractivity contribution in [1.82, 2.24) is 4.98 Å². The van der Waals surface area contributed by atoms with Crippen molar-refractivity contribution in [3.8, 4) is 0 Å². The number of pyridine rings is 1. The number of hydrogen-bond donors (Lipinski definition) is 0. The smallest absolute Gasteiger partial charge is 0.0780 e. The van der Waals surface area contributed by atoms with Crippen LogP contribution in [-0.2, 0) is 0 Å². The van der Waals surface area contributed by atoms with Gasteiger partial charge in [0.05, 0.1) is 5.52 Å². The molecular formula is C13H8IN. The normalized spacial score (nSPS) is 11.0. The molecule has 0 amide bonds. The van der Waals surface area contributed by atoms with E-state index in [1.54, 1.807) is 0 Å². The minimum absolute atomic E-state index is 1.09. The maximum atomic E-state index is 4.45. The van der Waals surface area contributed by atoms with Crippen molar-refractivity contribution in [1.29, 1.82) is 0 Å². The summed E-state index contributed by atoms with van der Waals surface area (Å²) in [6.07, 6.45) is 1.85. The number of benzene rings is 2. The zero-order chi connectivity index (χ0) is 10.3. The zero-order valence-corrected chi connectivity index (χ0v) is 10.1. The average Bonchev–Trinajstić information content (AvgIpc) is 2.29. The van der Waals surface area contributed by atoms with E-state index in [9.17, 15) is 0 Å². The van der Waals surface area contributed by atoms with Gasteiger partial charge in [0.15, 0.2) is 0 Å². The molecule has 0 aliphatic rings. The minimum Gasteiger partial charge on any atom is -0.256 e. The zero-order valence-electron chi connectivity index (χ0n) is 7.94. The highest BCUT2D eigenvalue weighted by atomic mass is 127. The molecule has 0 saturated carbocycles. The topological polar surface area (TPSA) is 12.9 Å². The second kappa shape index (κ2) is 3.45. The second-order valence-electron chi connectivity index (χ2n) is 3.51. The van der Waals surface area contributed by atoms with Gasteiger partial charge in [0, 0.05) is 20.5 Å². The van der Waals surface area contributed by atoms with Crippen LogP contribution >= 0.6 is 22.6 Å². The van der Waals surface area contributed by atoms with Crippen molar-refractivity contribution >= 4 is 44.3 Å². The molecule has 0 saturated heterocycles. The largest absolute Gasteiger partial charge is 0.256 e. The fraction of sp³-hybridized carbons (Fsp3) is 0. The van der Waals surface area contributed by atoms with Gasteiger partial charge in [0.25, 0.3) is 0 Å². The molecule has 0 unspecified atom stereocenters. The third-order valence-electron chi connectivity index (χ3n) is 2.55. The lowest BCUT2D eigenvalue weighted by Gasteiger charge is -2.02. The molecule has 3 aromatic rings. The minimum atomic E-state index is 1.09. The first kappa shape index (κ1) is 9.09. The summed E-state index contributed by atoms with van der Waals surface area (Å²) in [6.45, 7) is 0. The van der Waals surface area contributed by atoms with Gasteiger partial charge in [-0.1, -0.05) is 24.3 Å². The molecule has 0 atom stereocenters. The molecule has 0 aliphatic heterocycles. The standard InChI is InChI=1S/C13H8IN/c14-11-6-5-9-3-4-10-2-1-7-15-13(10)12(9)8-11/h1-8H. The van der Waals surface area contributed by atoms with Crippen LogP contribution in [0.1, 0.15) is 0 Å². The molecule has 15 heavy (non-hydrogen) atoms. The van der Waals surface area contributed by atoms with E-state index in [1.165, 1.54) is 19.7 Å². The van der Waals surface area contributed by atoms with Crippen LogP contribution in [0.5, 0.6) is 0 Å². The van der Waals surface area contributed by atoms with Gasteiger partial charge < -0.3 is 0 Å². The molecular weight excluding hydrogens is 297 g/mol. The first-order valence-electron chi connectivity index (χ1n) is 4.77. The summed E-state index contributed by atoms with van der Waals surface area (Å²) in [6, 6.07) is 14.8. The van der Waals surface area contributed by atoms with Crippen molar-refractivity contribution in [2.24, 2.45) is 0 Å². The van der Waals surface area contributed by atoms with Gasteiger partial charge in [-0.05, 0) is 46.2 Å². The molecule has 0 aliphatic carbocycles. The fourth-order valence-corrected chi connectivity index (χ4v) is 2.33. The lowest BCUT2D eigenvalue weighted by molar-refractivity contribution is 1.43. The number of hydrogen-bond acceptors (Lipinski definition) is 1. The molecule has 0 bridgehead atoms. The van der Waals surface area contributed by atoms with Crippen LogP contribution in [0, 0.1) is 3.57 Å². The first-order chi connectivity index (χ1) is 7.34. The van der Waals surface area contributed by atoms with Crippen LogP contribution in [0.15, 0.2) is 48.7 Å². The Morgan fingerprint density at radius 1 is 0.933 bits per heavy atom. The van der Waals surface area contributed by atoms with Gasteiger partial charge in [-0.15, -0.1) is 0 Å². The summed E-state index contributed by atoms with van der Waals surface area (Å²) in [4.78, 5) is 4.45. The summed E-state index contributed by atoms with van der Waals surface area (Å²) in [5, 5.41) is 3.69. The van der Waals surface area contributed by atoms with Gasteiger partial charge in [-0.2, -0.15) is 0 Å². The first-order valence-corrected chi connectivity index (χ1v) is 5.85. The van der Waals surface area contributed by atoms with E-state index in [2.05, 4.69) is 64.0 Å². The molecule has 0 N–H and O–H groups in total. The summed E-state index contributed by atoms with van der Waals surface area (Å²) >= 11 is 2.33. The van der Waals surface area contributed by atoms with Gasteiger partial charge in [0.1, 0.15) is 0 Å². The van der Waals surface area contributed by atoms with Gasteiger partial charge >= 0.3 is 0 Å². The number of rotatable bonds is 0. The molecule has 0 fully saturated rings. The molecule has 1 aromatic heterocycles. The van der Waals surface area contributed by atoms with Crippen LogP contribution in [0.2, 0.25) is 0 Å². The predicted octanol–water partition coefficient (Wildman–Crippen LogP) is 3.99. The molecule has 2 aromatic carbocycles. The van der Waals surface area contributed by atoms with Crippen molar-refractivity contribution in [2.45, 2.75) is 0 Å². The molecule has 1 heterocycles. The van der Waals surface area contributed by atoms with Crippen molar-refractivity contribution in [3.05, 3.63) is 52.2 Å². The van der Waals surface area contributed by atoms with E-state index in [0.29, 0.717) is 0 Å². The quantitative estimate of drug-likeness (QED) is 0.452. The molecule has 0 spiro atoms. The second-order valence-corrected chi connectivity index (χ2v) is 4.75. The third-order valence-corrected chi connectivity index (χ3v) is 3.22. The highest BCUT2D eigenvalue weighted by molar-refractivity contribution is 14.1. The van der Waals surface area contributed by atoms with Crippen LogP contribution in [-0.4, -0.2) is 4.98 Å². The third kappa shape index (κ3) is 1.49. The van der Waals surface area contributed by atoms with Crippen LogP contribution < -0.4 is 0 Å². The Labute approximate surface area is 101 Å². The van der Waals surface area contributed by atoms with Crippen LogP contribution in [0.4, 0.5) is 0 Å².